The first-order valence-electron chi connectivity index (χ1n) is 7.64. The van der Waals surface area contributed by atoms with E-state index in [1.165, 1.54) is 38.8 Å². The lowest BCUT2D eigenvalue weighted by Gasteiger charge is -2.41. The number of hydrogen-bond acceptors (Lipinski definition) is 2. The summed E-state index contributed by atoms with van der Waals surface area (Å²) in [5.41, 5.74) is 1.10. The zero-order chi connectivity index (χ0) is 13.9. The van der Waals surface area contributed by atoms with E-state index < -0.39 is 0 Å². The predicted molar refractivity (Wildman–Crippen MR) is 81.0 cm³/mol. The largest absolute Gasteiger partial charge is 0.316 e. The van der Waals surface area contributed by atoms with E-state index in [0.29, 0.717) is 10.8 Å². The molecule has 2 N–H and O–H groups in total. The van der Waals surface area contributed by atoms with Crippen LogP contribution in [-0.2, 0) is 0 Å². The molecular formula is C16H34N2. The van der Waals surface area contributed by atoms with Crippen molar-refractivity contribution in [1.29, 1.82) is 0 Å². The number of piperidine rings is 1. The zero-order valence-electron chi connectivity index (χ0n) is 13.4. The standard InChI is InChI=1S/C16H34N2/c1-7-16(9-8-10-17-12-16)13-18-15(5,6)11-14(2,3)4/h17-18H,7-13H2,1-6H3. The first-order valence-corrected chi connectivity index (χ1v) is 7.64. The van der Waals surface area contributed by atoms with E-state index in [9.17, 15) is 0 Å². The van der Waals surface area contributed by atoms with Crippen molar-refractivity contribution in [3.63, 3.8) is 0 Å². The summed E-state index contributed by atoms with van der Waals surface area (Å²) in [5.74, 6) is 0. The van der Waals surface area contributed by atoms with Crippen molar-refractivity contribution < 1.29 is 0 Å². The molecule has 1 rings (SSSR count). The Kier molecular flexibility index (Phi) is 5.25. The fourth-order valence-electron chi connectivity index (χ4n) is 3.42. The van der Waals surface area contributed by atoms with Gasteiger partial charge in [-0.1, -0.05) is 27.7 Å². The Morgan fingerprint density at radius 1 is 1.17 bits per heavy atom. The molecule has 0 saturated carbocycles. The van der Waals surface area contributed by atoms with Gasteiger partial charge in [0.15, 0.2) is 0 Å². The Balaban J connectivity index is 2.51. The molecule has 2 heteroatoms. The van der Waals surface area contributed by atoms with Gasteiger partial charge >= 0.3 is 0 Å². The van der Waals surface area contributed by atoms with Crippen molar-refractivity contribution in [2.45, 2.75) is 72.8 Å². The minimum Gasteiger partial charge on any atom is -0.316 e. The summed E-state index contributed by atoms with van der Waals surface area (Å²) in [7, 11) is 0. The second-order valence-electron chi connectivity index (χ2n) is 8.11. The molecule has 0 amide bonds. The average Bonchev–Trinajstić information content (AvgIpc) is 2.25. The maximum absolute atomic E-state index is 3.84. The molecule has 1 atom stereocenters. The molecule has 1 heterocycles. The van der Waals surface area contributed by atoms with E-state index in [2.05, 4.69) is 52.2 Å². The van der Waals surface area contributed by atoms with Crippen LogP contribution < -0.4 is 10.6 Å². The third-order valence-corrected chi connectivity index (χ3v) is 4.22. The lowest BCUT2D eigenvalue weighted by atomic mass is 9.76. The van der Waals surface area contributed by atoms with Gasteiger partial charge in [-0.3, -0.25) is 0 Å². The lowest BCUT2D eigenvalue weighted by Crippen LogP contribution is -2.52. The van der Waals surface area contributed by atoms with Crippen LogP contribution in [0.4, 0.5) is 0 Å². The van der Waals surface area contributed by atoms with Crippen LogP contribution in [-0.4, -0.2) is 25.2 Å². The SMILES string of the molecule is CCC1(CNC(C)(C)CC(C)(C)C)CCCNC1. The molecule has 1 aliphatic heterocycles. The van der Waals surface area contributed by atoms with E-state index >= 15 is 0 Å². The van der Waals surface area contributed by atoms with Crippen molar-refractivity contribution >= 4 is 0 Å². The molecule has 1 saturated heterocycles. The van der Waals surface area contributed by atoms with Crippen LogP contribution in [0.3, 0.4) is 0 Å². The summed E-state index contributed by atoms with van der Waals surface area (Å²) in [6.45, 7) is 17.5. The molecule has 0 aliphatic carbocycles. The Morgan fingerprint density at radius 2 is 1.83 bits per heavy atom. The van der Waals surface area contributed by atoms with Crippen LogP contribution in [0.2, 0.25) is 0 Å². The van der Waals surface area contributed by atoms with Gasteiger partial charge in [-0.2, -0.15) is 0 Å². The van der Waals surface area contributed by atoms with Gasteiger partial charge < -0.3 is 10.6 Å². The molecule has 0 bridgehead atoms. The maximum atomic E-state index is 3.84. The second-order valence-corrected chi connectivity index (χ2v) is 8.11. The minimum absolute atomic E-state index is 0.234. The quantitative estimate of drug-likeness (QED) is 0.784. The van der Waals surface area contributed by atoms with Crippen molar-refractivity contribution in [3.05, 3.63) is 0 Å². The molecule has 108 valence electrons. The molecule has 1 fully saturated rings. The topological polar surface area (TPSA) is 24.1 Å². The fraction of sp³-hybridized carbons (Fsp3) is 1.00. The predicted octanol–water partition coefficient (Wildman–Crippen LogP) is 3.57. The number of rotatable bonds is 5. The van der Waals surface area contributed by atoms with E-state index in [-0.39, 0.29) is 5.54 Å². The van der Waals surface area contributed by atoms with E-state index in [4.69, 9.17) is 0 Å². The summed E-state index contributed by atoms with van der Waals surface area (Å²) < 4.78 is 0. The van der Waals surface area contributed by atoms with Crippen LogP contribution in [0, 0.1) is 10.8 Å². The highest BCUT2D eigenvalue weighted by molar-refractivity contribution is 4.91. The smallest absolute Gasteiger partial charge is 0.0130 e. The molecular weight excluding hydrogens is 220 g/mol. The fourth-order valence-corrected chi connectivity index (χ4v) is 3.42. The maximum Gasteiger partial charge on any atom is 0.0130 e. The highest BCUT2D eigenvalue weighted by atomic mass is 15.0. The van der Waals surface area contributed by atoms with Gasteiger partial charge in [-0.25, -0.2) is 0 Å². The average molecular weight is 254 g/mol. The Hall–Kier alpha value is -0.0800. The Labute approximate surface area is 114 Å². The first-order chi connectivity index (χ1) is 8.18. The van der Waals surface area contributed by atoms with Crippen molar-refractivity contribution in [3.8, 4) is 0 Å². The van der Waals surface area contributed by atoms with Crippen molar-refractivity contribution in [2.24, 2.45) is 10.8 Å². The molecule has 0 aromatic heterocycles. The van der Waals surface area contributed by atoms with Crippen molar-refractivity contribution in [2.75, 3.05) is 19.6 Å². The molecule has 1 aliphatic rings. The van der Waals surface area contributed by atoms with E-state index in [1.54, 1.807) is 0 Å². The Bertz CT molecular complexity index is 244. The molecule has 1 unspecified atom stereocenters. The van der Waals surface area contributed by atoms with Gasteiger partial charge in [0, 0.05) is 18.6 Å². The van der Waals surface area contributed by atoms with Crippen LogP contribution in [0.25, 0.3) is 0 Å². The monoisotopic (exact) mass is 254 g/mol. The number of hydrogen-bond donors (Lipinski definition) is 2. The third kappa shape index (κ3) is 5.27. The summed E-state index contributed by atoms with van der Waals surface area (Å²) >= 11 is 0. The summed E-state index contributed by atoms with van der Waals surface area (Å²) in [5, 5.41) is 7.41. The zero-order valence-corrected chi connectivity index (χ0v) is 13.4. The van der Waals surface area contributed by atoms with Gasteiger partial charge in [0.1, 0.15) is 0 Å². The second kappa shape index (κ2) is 5.92. The van der Waals surface area contributed by atoms with Crippen LogP contribution >= 0.6 is 0 Å². The Morgan fingerprint density at radius 3 is 2.28 bits per heavy atom. The van der Waals surface area contributed by atoms with Gasteiger partial charge in [-0.15, -0.1) is 0 Å². The van der Waals surface area contributed by atoms with Gasteiger partial charge in [0.25, 0.3) is 0 Å². The minimum atomic E-state index is 0.234. The van der Waals surface area contributed by atoms with Crippen molar-refractivity contribution in [1.82, 2.24) is 10.6 Å². The van der Waals surface area contributed by atoms with E-state index in [1.807, 2.05) is 0 Å². The highest BCUT2D eigenvalue weighted by Crippen LogP contribution is 2.32. The van der Waals surface area contributed by atoms with Crippen LogP contribution in [0.1, 0.15) is 67.2 Å². The van der Waals surface area contributed by atoms with Crippen LogP contribution in [0.5, 0.6) is 0 Å². The number of nitrogens with one attached hydrogen (secondary N) is 2. The summed E-state index contributed by atoms with van der Waals surface area (Å²) in [4.78, 5) is 0. The molecule has 0 aromatic rings. The summed E-state index contributed by atoms with van der Waals surface area (Å²) in [6.07, 6.45) is 5.19. The lowest BCUT2D eigenvalue weighted by molar-refractivity contribution is 0.155. The van der Waals surface area contributed by atoms with Crippen LogP contribution in [0.15, 0.2) is 0 Å². The first kappa shape index (κ1) is 16.0. The molecule has 2 nitrogen and oxygen atoms in total. The molecule has 0 radical (unpaired) electrons. The van der Waals surface area contributed by atoms with E-state index in [0.717, 1.165) is 6.54 Å². The van der Waals surface area contributed by atoms with Gasteiger partial charge in [0.05, 0.1) is 0 Å². The molecule has 0 aromatic carbocycles. The highest BCUT2D eigenvalue weighted by Gasteiger charge is 2.33. The van der Waals surface area contributed by atoms with Gasteiger partial charge in [0.2, 0.25) is 0 Å². The molecule has 18 heavy (non-hydrogen) atoms. The summed E-state index contributed by atoms with van der Waals surface area (Å²) in [6, 6.07) is 0. The third-order valence-electron chi connectivity index (χ3n) is 4.22. The van der Waals surface area contributed by atoms with Gasteiger partial charge in [-0.05, 0) is 56.9 Å². The normalized spacial score (nSPS) is 26.3. The molecule has 0 spiro atoms.